The van der Waals surface area contributed by atoms with Gasteiger partial charge in [-0.1, -0.05) is 12.1 Å². The van der Waals surface area contributed by atoms with Crippen LogP contribution >= 0.6 is 0 Å². The van der Waals surface area contributed by atoms with Crippen LogP contribution in [0, 0.1) is 0 Å². The molecule has 1 aromatic carbocycles. The zero-order valence-corrected chi connectivity index (χ0v) is 11.1. The number of carbonyl (C=O) groups is 1. The highest BCUT2D eigenvalue weighted by Crippen LogP contribution is 2.13. The molecular weight excluding hydrogens is 242 g/mol. The minimum absolute atomic E-state index is 0.0740. The third kappa shape index (κ3) is 3.69. The third-order valence-corrected chi connectivity index (χ3v) is 2.84. The number of methoxy groups -OCH3 is 1. The first-order chi connectivity index (χ1) is 9.19. The molecule has 0 saturated heterocycles. The quantitative estimate of drug-likeness (QED) is 0.748. The average molecular weight is 259 g/mol. The van der Waals surface area contributed by atoms with Crippen LogP contribution in [0.5, 0.6) is 5.75 Å². The summed E-state index contributed by atoms with van der Waals surface area (Å²) in [7, 11) is 3.50. The Morgan fingerprint density at radius 1 is 1.37 bits per heavy atom. The van der Waals surface area contributed by atoms with Crippen molar-refractivity contribution >= 4 is 5.78 Å². The Balaban J connectivity index is 1.96. The van der Waals surface area contributed by atoms with Crippen molar-refractivity contribution in [2.75, 3.05) is 20.7 Å². The van der Waals surface area contributed by atoms with Crippen LogP contribution in [-0.2, 0) is 6.54 Å². The highest BCUT2D eigenvalue weighted by atomic mass is 16.5. The summed E-state index contributed by atoms with van der Waals surface area (Å²) in [6.45, 7) is 1.05. The molecule has 0 N–H and O–H groups in total. The average Bonchev–Trinajstić information content (AvgIpc) is 2.91. The molecule has 0 fully saturated rings. The van der Waals surface area contributed by atoms with Gasteiger partial charge in [-0.15, -0.1) is 0 Å². The second-order valence-electron chi connectivity index (χ2n) is 4.46. The van der Waals surface area contributed by atoms with Crippen LogP contribution in [0.4, 0.5) is 0 Å². The predicted molar refractivity (Wildman–Crippen MR) is 72.4 cm³/mol. The number of hydrogen-bond donors (Lipinski definition) is 0. The number of benzene rings is 1. The minimum atomic E-state index is 0.0740. The number of rotatable bonds is 6. The normalized spacial score (nSPS) is 10.7. The molecule has 2 aromatic rings. The molecule has 0 bridgehead atoms. The molecule has 4 heteroatoms. The van der Waals surface area contributed by atoms with Crippen LogP contribution < -0.4 is 4.74 Å². The van der Waals surface area contributed by atoms with Gasteiger partial charge in [0, 0.05) is 17.7 Å². The van der Waals surface area contributed by atoms with Gasteiger partial charge in [-0.3, -0.25) is 9.69 Å². The van der Waals surface area contributed by atoms with E-state index >= 15 is 0 Å². The van der Waals surface area contributed by atoms with Crippen molar-refractivity contribution in [3.63, 3.8) is 0 Å². The van der Waals surface area contributed by atoms with Gasteiger partial charge in [0.15, 0.2) is 5.78 Å². The summed E-state index contributed by atoms with van der Waals surface area (Å²) in [6.07, 6.45) is 3.32. The first-order valence-corrected chi connectivity index (χ1v) is 6.06. The molecular formula is C15H17NO3. The Labute approximate surface area is 112 Å². The maximum Gasteiger partial charge on any atom is 0.176 e. The summed E-state index contributed by atoms with van der Waals surface area (Å²) in [5.41, 5.74) is 1.72. The fraction of sp³-hybridized carbons (Fsp3) is 0.267. The highest BCUT2D eigenvalue weighted by molar-refractivity contribution is 5.97. The number of Topliss-reactive ketones (excluding diaryl/α,β-unsaturated/α-hetero) is 1. The number of furan rings is 1. The molecule has 0 saturated carbocycles. The zero-order chi connectivity index (χ0) is 13.7. The van der Waals surface area contributed by atoms with Gasteiger partial charge in [0.25, 0.3) is 0 Å². The van der Waals surface area contributed by atoms with E-state index in [0.717, 1.165) is 5.56 Å². The molecule has 2 rings (SSSR count). The lowest BCUT2D eigenvalue weighted by Gasteiger charge is -2.14. The molecule has 0 amide bonds. The zero-order valence-electron chi connectivity index (χ0n) is 11.1. The van der Waals surface area contributed by atoms with Crippen molar-refractivity contribution in [2.24, 2.45) is 0 Å². The van der Waals surface area contributed by atoms with Crippen molar-refractivity contribution in [3.8, 4) is 5.75 Å². The van der Waals surface area contributed by atoms with E-state index in [4.69, 9.17) is 9.15 Å². The third-order valence-electron chi connectivity index (χ3n) is 2.84. The van der Waals surface area contributed by atoms with Crippen LogP contribution in [0.2, 0.25) is 0 Å². The van der Waals surface area contributed by atoms with Crippen LogP contribution in [0.1, 0.15) is 15.9 Å². The highest BCUT2D eigenvalue weighted by Gasteiger charge is 2.10. The number of hydrogen-bond acceptors (Lipinski definition) is 4. The molecule has 0 unspecified atom stereocenters. The summed E-state index contributed by atoms with van der Waals surface area (Å²) in [4.78, 5) is 14.1. The number of ketones is 1. The number of ether oxygens (including phenoxy) is 1. The van der Waals surface area contributed by atoms with Gasteiger partial charge < -0.3 is 9.15 Å². The van der Waals surface area contributed by atoms with Crippen molar-refractivity contribution in [3.05, 3.63) is 54.0 Å². The lowest BCUT2D eigenvalue weighted by atomic mass is 10.1. The molecule has 0 atom stereocenters. The largest absolute Gasteiger partial charge is 0.497 e. The molecule has 19 heavy (non-hydrogen) atoms. The second-order valence-corrected chi connectivity index (χ2v) is 4.46. The second kappa shape index (κ2) is 6.20. The first-order valence-electron chi connectivity index (χ1n) is 6.06. The lowest BCUT2D eigenvalue weighted by molar-refractivity contribution is 0.0942. The summed E-state index contributed by atoms with van der Waals surface area (Å²) in [5, 5.41) is 0. The molecule has 1 heterocycles. The van der Waals surface area contributed by atoms with E-state index in [0.29, 0.717) is 24.4 Å². The molecule has 4 nitrogen and oxygen atoms in total. The fourth-order valence-corrected chi connectivity index (χ4v) is 1.88. The monoisotopic (exact) mass is 259 g/mol. The van der Waals surface area contributed by atoms with Crippen LogP contribution in [0.3, 0.4) is 0 Å². The molecule has 100 valence electrons. The SMILES string of the molecule is COc1cccc(C(=O)CN(C)Cc2ccoc2)c1. The van der Waals surface area contributed by atoms with Gasteiger partial charge in [-0.05, 0) is 25.2 Å². The molecule has 0 aliphatic heterocycles. The van der Waals surface area contributed by atoms with Gasteiger partial charge in [0.1, 0.15) is 5.75 Å². The van der Waals surface area contributed by atoms with E-state index in [1.807, 2.05) is 30.1 Å². The standard InChI is InChI=1S/C15H17NO3/c1-16(9-12-6-7-19-11-12)10-15(17)13-4-3-5-14(8-13)18-2/h3-8,11H,9-10H2,1-2H3. The van der Waals surface area contributed by atoms with Gasteiger partial charge in [-0.2, -0.15) is 0 Å². The number of carbonyl (C=O) groups excluding carboxylic acids is 1. The maximum absolute atomic E-state index is 12.1. The summed E-state index contributed by atoms with van der Waals surface area (Å²) < 4.78 is 10.1. The number of likely N-dealkylation sites (N-methyl/N-ethyl adjacent to an activating group) is 1. The molecule has 0 aliphatic rings. The summed E-state index contributed by atoms with van der Waals surface area (Å²) >= 11 is 0. The van der Waals surface area contributed by atoms with E-state index in [2.05, 4.69) is 0 Å². The summed E-state index contributed by atoms with van der Waals surface area (Å²) in [5.74, 6) is 0.772. The van der Waals surface area contributed by atoms with Gasteiger partial charge in [-0.25, -0.2) is 0 Å². The Kier molecular flexibility index (Phi) is 4.36. The van der Waals surface area contributed by atoms with Crippen LogP contribution in [0.15, 0.2) is 47.3 Å². The Morgan fingerprint density at radius 3 is 2.89 bits per heavy atom. The van der Waals surface area contributed by atoms with E-state index in [-0.39, 0.29) is 5.78 Å². The van der Waals surface area contributed by atoms with Gasteiger partial charge in [0.05, 0.1) is 26.2 Å². The topological polar surface area (TPSA) is 42.7 Å². The smallest absolute Gasteiger partial charge is 0.176 e. The van der Waals surface area contributed by atoms with Crippen LogP contribution in [0.25, 0.3) is 0 Å². The van der Waals surface area contributed by atoms with E-state index in [9.17, 15) is 4.79 Å². The van der Waals surface area contributed by atoms with Gasteiger partial charge >= 0.3 is 0 Å². The van der Waals surface area contributed by atoms with Gasteiger partial charge in [0.2, 0.25) is 0 Å². The number of nitrogens with zero attached hydrogens (tertiary/aromatic N) is 1. The van der Waals surface area contributed by atoms with E-state index in [1.165, 1.54) is 0 Å². The maximum atomic E-state index is 12.1. The Morgan fingerprint density at radius 2 is 2.21 bits per heavy atom. The first kappa shape index (κ1) is 13.4. The van der Waals surface area contributed by atoms with E-state index in [1.54, 1.807) is 31.8 Å². The molecule has 1 aromatic heterocycles. The minimum Gasteiger partial charge on any atom is -0.497 e. The molecule has 0 spiro atoms. The molecule has 0 aliphatic carbocycles. The van der Waals surface area contributed by atoms with Crippen molar-refractivity contribution in [2.45, 2.75) is 6.54 Å². The Hall–Kier alpha value is -2.07. The Bertz CT molecular complexity index is 534. The van der Waals surface area contributed by atoms with Crippen molar-refractivity contribution in [1.82, 2.24) is 4.90 Å². The van der Waals surface area contributed by atoms with Crippen molar-refractivity contribution < 1.29 is 13.9 Å². The molecule has 0 radical (unpaired) electrons. The summed E-state index contributed by atoms with van der Waals surface area (Å²) in [6, 6.07) is 9.10. The van der Waals surface area contributed by atoms with Crippen LogP contribution in [-0.4, -0.2) is 31.4 Å². The van der Waals surface area contributed by atoms with E-state index < -0.39 is 0 Å². The fourth-order valence-electron chi connectivity index (χ4n) is 1.88. The van der Waals surface area contributed by atoms with Crippen molar-refractivity contribution in [1.29, 1.82) is 0 Å². The lowest BCUT2D eigenvalue weighted by Crippen LogP contribution is -2.25. The predicted octanol–water partition coefficient (Wildman–Crippen LogP) is 2.60.